The van der Waals surface area contributed by atoms with Gasteiger partial charge in [-0.1, -0.05) is 36.4 Å². The Kier molecular flexibility index (Phi) is 6.52. The Morgan fingerprint density at radius 1 is 1.08 bits per heavy atom. The lowest BCUT2D eigenvalue weighted by Gasteiger charge is -2.39. The van der Waals surface area contributed by atoms with Crippen LogP contribution >= 0.6 is 0 Å². The molecule has 0 saturated carbocycles. The number of likely N-dealkylation sites (N-methyl/N-ethyl adjacent to an activating group) is 1. The van der Waals surface area contributed by atoms with Crippen molar-refractivity contribution >= 4 is 22.9 Å². The van der Waals surface area contributed by atoms with E-state index in [2.05, 4.69) is 51.2 Å². The van der Waals surface area contributed by atoms with Crippen molar-refractivity contribution in [3.05, 3.63) is 95.2 Å². The van der Waals surface area contributed by atoms with Crippen LogP contribution in [0.1, 0.15) is 28.4 Å². The van der Waals surface area contributed by atoms with Crippen LogP contribution < -0.4 is 14.2 Å². The highest BCUT2D eigenvalue weighted by atomic mass is 16.7. The normalized spacial score (nSPS) is 16.7. The second-order valence-corrected chi connectivity index (χ2v) is 9.96. The Bertz CT molecular complexity index is 1510. The Balaban J connectivity index is 1.41. The van der Waals surface area contributed by atoms with Crippen LogP contribution in [0.5, 0.6) is 17.2 Å². The Labute approximate surface area is 222 Å². The summed E-state index contributed by atoms with van der Waals surface area (Å²) in [6.07, 6.45) is 3.31. The van der Waals surface area contributed by atoms with Gasteiger partial charge in [-0.15, -0.1) is 0 Å². The van der Waals surface area contributed by atoms with Gasteiger partial charge in [0, 0.05) is 40.5 Å². The monoisotopic (exact) mass is 509 g/mol. The molecule has 2 aliphatic heterocycles. The van der Waals surface area contributed by atoms with E-state index in [0.717, 1.165) is 58.8 Å². The van der Waals surface area contributed by atoms with Gasteiger partial charge in [-0.05, 0) is 62.0 Å². The van der Waals surface area contributed by atoms with Gasteiger partial charge in [0.05, 0.1) is 12.6 Å². The minimum atomic E-state index is -0.0132. The molecule has 7 nitrogen and oxygen atoms in total. The summed E-state index contributed by atoms with van der Waals surface area (Å²) in [6.45, 7) is 2.28. The first-order valence-corrected chi connectivity index (χ1v) is 12.9. The first-order valence-electron chi connectivity index (χ1n) is 12.9. The van der Waals surface area contributed by atoms with E-state index in [1.807, 2.05) is 44.4 Å². The zero-order chi connectivity index (χ0) is 26.1. The van der Waals surface area contributed by atoms with E-state index in [9.17, 15) is 4.79 Å². The molecule has 7 heteroatoms. The molecule has 2 aliphatic rings. The molecule has 4 aromatic rings. The van der Waals surface area contributed by atoms with Gasteiger partial charge in [-0.2, -0.15) is 0 Å². The molecule has 1 unspecified atom stereocenters. The lowest BCUT2D eigenvalue weighted by atomic mass is 9.90. The Hall–Kier alpha value is -4.23. The maximum atomic E-state index is 12.0. The van der Waals surface area contributed by atoms with Gasteiger partial charge in [-0.25, -0.2) is 0 Å². The summed E-state index contributed by atoms with van der Waals surface area (Å²) < 4.78 is 17.3. The van der Waals surface area contributed by atoms with E-state index in [0.29, 0.717) is 13.2 Å². The van der Waals surface area contributed by atoms with E-state index in [4.69, 9.17) is 14.2 Å². The number of hydrogen-bond donors (Lipinski definition) is 1. The van der Waals surface area contributed by atoms with Gasteiger partial charge in [-0.3, -0.25) is 4.79 Å². The second-order valence-electron chi connectivity index (χ2n) is 9.96. The lowest BCUT2D eigenvalue weighted by molar-refractivity contribution is -0.104. The average molecular weight is 510 g/mol. The van der Waals surface area contributed by atoms with Crippen LogP contribution in [-0.2, 0) is 17.8 Å². The van der Waals surface area contributed by atoms with E-state index >= 15 is 0 Å². The fraction of sp³-hybridized carbons (Fsp3) is 0.258. The van der Waals surface area contributed by atoms with Gasteiger partial charge in [0.15, 0.2) is 11.5 Å². The largest absolute Gasteiger partial charge is 0.492 e. The number of aldehydes is 1. The van der Waals surface area contributed by atoms with Gasteiger partial charge >= 0.3 is 0 Å². The van der Waals surface area contributed by atoms with Gasteiger partial charge in [0.1, 0.15) is 18.6 Å². The maximum absolute atomic E-state index is 12.0. The van der Waals surface area contributed by atoms with Gasteiger partial charge in [0.2, 0.25) is 6.79 Å². The summed E-state index contributed by atoms with van der Waals surface area (Å²) >= 11 is 0. The summed E-state index contributed by atoms with van der Waals surface area (Å²) in [6, 6.07) is 22.5. The molecule has 1 N–H and O–H groups in total. The summed E-state index contributed by atoms with van der Waals surface area (Å²) in [7, 11) is 4.05. The third kappa shape index (κ3) is 4.61. The number of carbonyl (C=O) groups excluding carboxylic acids is 1. The van der Waals surface area contributed by atoms with Crippen LogP contribution in [0.4, 0.5) is 0 Å². The van der Waals surface area contributed by atoms with Gasteiger partial charge < -0.3 is 29.0 Å². The van der Waals surface area contributed by atoms with Crippen molar-refractivity contribution in [2.45, 2.75) is 19.0 Å². The number of fused-ring (bicyclic) bond motifs is 4. The molecular formula is C31H31N3O4. The van der Waals surface area contributed by atoms with Crippen molar-refractivity contribution in [1.82, 2.24) is 14.8 Å². The molecule has 194 valence electrons. The van der Waals surface area contributed by atoms with E-state index in [-0.39, 0.29) is 12.8 Å². The summed E-state index contributed by atoms with van der Waals surface area (Å²) in [4.78, 5) is 20.0. The van der Waals surface area contributed by atoms with E-state index in [1.54, 1.807) is 6.08 Å². The smallest absolute Gasteiger partial charge is 0.231 e. The lowest BCUT2D eigenvalue weighted by Crippen LogP contribution is -2.33. The molecule has 6 rings (SSSR count). The van der Waals surface area contributed by atoms with Crippen LogP contribution in [0, 0.1) is 0 Å². The van der Waals surface area contributed by atoms with Crippen LogP contribution in [0.25, 0.3) is 16.6 Å². The number of carbonyl (C=O) groups is 1. The van der Waals surface area contributed by atoms with Crippen LogP contribution in [0.2, 0.25) is 0 Å². The number of allylic oxidation sites excluding steroid dienone is 1. The average Bonchev–Trinajstić information content (AvgIpc) is 3.54. The van der Waals surface area contributed by atoms with E-state index < -0.39 is 0 Å². The van der Waals surface area contributed by atoms with Crippen LogP contribution in [0.15, 0.2) is 72.8 Å². The van der Waals surface area contributed by atoms with Crippen molar-refractivity contribution in [1.29, 1.82) is 0 Å². The minimum Gasteiger partial charge on any atom is -0.492 e. The predicted molar refractivity (Wildman–Crippen MR) is 147 cm³/mol. The molecule has 0 radical (unpaired) electrons. The first-order chi connectivity index (χ1) is 18.6. The number of nitrogens with zero attached hydrogens (tertiary/aromatic N) is 2. The number of benzene rings is 3. The third-order valence-electron chi connectivity index (χ3n) is 7.26. The molecule has 0 saturated heterocycles. The number of aromatic amines is 1. The number of hydrogen-bond acceptors (Lipinski definition) is 6. The van der Waals surface area contributed by atoms with Gasteiger partial charge in [0.25, 0.3) is 0 Å². The molecule has 3 heterocycles. The second kappa shape index (κ2) is 10.3. The van der Waals surface area contributed by atoms with Crippen LogP contribution in [-0.4, -0.2) is 55.1 Å². The molecule has 38 heavy (non-hydrogen) atoms. The molecule has 0 aliphatic carbocycles. The van der Waals surface area contributed by atoms with E-state index in [1.165, 1.54) is 16.6 Å². The van der Waals surface area contributed by atoms with Crippen molar-refractivity contribution in [3.63, 3.8) is 0 Å². The van der Waals surface area contributed by atoms with Crippen molar-refractivity contribution in [3.8, 4) is 17.2 Å². The van der Waals surface area contributed by atoms with Crippen LogP contribution in [0.3, 0.4) is 0 Å². The molecule has 1 atom stereocenters. The number of ether oxygens (including phenoxy) is 3. The zero-order valence-electron chi connectivity index (χ0n) is 21.6. The number of nitrogens with one attached hydrogen (secondary N) is 1. The number of aromatic nitrogens is 1. The summed E-state index contributed by atoms with van der Waals surface area (Å²) in [5, 5.41) is 1.24. The third-order valence-corrected chi connectivity index (χ3v) is 7.26. The molecular weight excluding hydrogens is 478 g/mol. The summed E-state index contributed by atoms with van der Waals surface area (Å²) in [5.74, 6) is 2.29. The molecule has 3 aromatic carbocycles. The Morgan fingerprint density at radius 3 is 2.82 bits per heavy atom. The number of H-pyrrole nitrogens is 1. The molecule has 0 spiro atoms. The SMILES string of the molecule is CN(C)CCOc1cccc(/C(=C\C=O)N2Cc3[nH]c4ccccc4c3CC2c2ccc3c(c2)OCO3)c1. The van der Waals surface area contributed by atoms with Crippen molar-refractivity contribution in [2.75, 3.05) is 34.0 Å². The highest BCUT2D eigenvalue weighted by Crippen LogP contribution is 2.44. The highest BCUT2D eigenvalue weighted by Gasteiger charge is 2.33. The quantitative estimate of drug-likeness (QED) is 0.261. The summed E-state index contributed by atoms with van der Waals surface area (Å²) in [5.41, 5.74) is 6.50. The predicted octanol–water partition coefficient (Wildman–Crippen LogP) is 5.18. The highest BCUT2D eigenvalue weighted by molar-refractivity contribution is 5.86. The number of rotatable bonds is 8. The number of para-hydroxylation sites is 1. The topological polar surface area (TPSA) is 67.0 Å². The molecule has 0 bridgehead atoms. The van der Waals surface area contributed by atoms with Crippen molar-refractivity contribution < 1.29 is 19.0 Å². The standard InChI is InChI=1S/C31H31N3O4/c1-33(2)13-15-36-23-7-5-6-21(16-23)28(12-14-35)34-19-27-25(24-8-3-4-9-26(24)32-27)18-29(34)22-10-11-30-31(17-22)38-20-37-30/h3-12,14,16-17,29,32H,13,15,18-20H2,1-2H3/b28-12+. The minimum absolute atomic E-state index is 0.0132. The Morgan fingerprint density at radius 2 is 1.95 bits per heavy atom. The molecule has 0 fully saturated rings. The zero-order valence-corrected chi connectivity index (χ0v) is 21.6. The fourth-order valence-corrected chi connectivity index (χ4v) is 5.39. The molecule has 1 aromatic heterocycles. The van der Waals surface area contributed by atoms with Crippen molar-refractivity contribution in [2.24, 2.45) is 0 Å². The maximum Gasteiger partial charge on any atom is 0.231 e. The first kappa shape index (κ1) is 24.1. The molecule has 0 amide bonds. The fourth-order valence-electron chi connectivity index (χ4n) is 5.39.